The molecule has 6 heteroatoms. The van der Waals surface area contributed by atoms with E-state index in [0.717, 1.165) is 22.6 Å². The topological polar surface area (TPSA) is 90.4 Å². The van der Waals surface area contributed by atoms with Gasteiger partial charge in [0.15, 0.2) is 0 Å². The maximum absolute atomic E-state index is 11.7. The van der Waals surface area contributed by atoms with E-state index in [0.29, 0.717) is 32.4 Å². The number of hydrogen-bond donors (Lipinski definition) is 2. The van der Waals surface area contributed by atoms with Crippen LogP contribution < -0.4 is 5.73 Å². The molecule has 3 aromatic rings. The number of nitrogens with zero attached hydrogens (tertiary/aromatic N) is 2. The molecule has 0 aliphatic heterocycles. The lowest BCUT2D eigenvalue weighted by Gasteiger charge is -2.14. The summed E-state index contributed by atoms with van der Waals surface area (Å²) in [6, 6.07) is 16.7. The molecule has 3 N–H and O–H groups in total. The predicted molar refractivity (Wildman–Crippen MR) is 112 cm³/mol. The Bertz CT molecular complexity index is 920. The minimum absolute atomic E-state index is 0.193. The summed E-state index contributed by atoms with van der Waals surface area (Å²) in [4.78, 5) is 16.4. The molecule has 3 rings (SSSR count). The Balaban J connectivity index is 1.81. The van der Waals surface area contributed by atoms with Gasteiger partial charge in [-0.25, -0.2) is 4.98 Å². The summed E-state index contributed by atoms with van der Waals surface area (Å²) in [5, 5.41) is 9.54. The molecule has 0 saturated heterocycles. The van der Waals surface area contributed by atoms with E-state index in [4.69, 9.17) is 15.5 Å². The molecule has 1 aromatic heterocycles. The van der Waals surface area contributed by atoms with Crippen molar-refractivity contribution in [3.05, 3.63) is 72.2 Å². The van der Waals surface area contributed by atoms with Crippen LogP contribution in [0.5, 0.6) is 5.75 Å². The monoisotopic (exact) mass is 393 g/mol. The van der Waals surface area contributed by atoms with Gasteiger partial charge in [0, 0.05) is 24.7 Å². The van der Waals surface area contributed by atoms with Gasteiger partial charge in [0.05, 0.1) is 18.3 Å². The van der Waals surface area contributed by atoms with Gasteiger partial charge in [0.2, 0.25) is 0 Å². The molecular weight excluding hydrogens is 366 g/mol. The largest absolute Gasteiger partial charge is 0.508 e. The van der Waals surface area contributed by atoms with Crippen LogP contribution in [0.2, 0.25) is 0 Å². The summed E-state index contributed by atoms with van der Waals surface area (Å²) in [6.45, 7) is 2.82. The fourth-order valence-electron chi connectivity index (χ4n) is 3.26. The molecule has 0 aliphatic carbocycles. The van der Waals surface area contributed by atoms with Crippen LogP contribution >= 0.6 is 0 Å². The number of ether oxygens (including phenoxy) is 1. The molecule has 0 bridgehead atoms. The van der Waals surface area contributed by atoms with Crippen molar-refractivity contribution in [2.24, 2.45) is 5.73 Å². The van der Waals surface area contributed by atoms with Gasteiger partial charge >= 0.3 is 5.97 Å². The standard InChI is InChI=1S/C23H27N3O3/c1-2-29-22(28)9-6-14-26-16-21(18-10-12-19(27)13-11-18)25-23(26)20(24)15-17-7-4-3-5-8-17/h3-5,7-8,10-13,16,20,27H,2,6,9,14-15,24H2,1H3. The Kier molecular flexibility index (Phi) is 7.03. The fourth-order valence-corrected chi connectivity index (χ4v) is 3.26. The maximum Gasteiger partial charge on any atom is 0.305 e. The Morgan fingerprint density at radius 1 is 1.17 bits per heavy atom. The van der Waals surface area contributed by atoms with Gasteiger partial charge < -0.3 is 20.1 Å². The van der Waals surface area contributed by atoms with Crippen molar-refractivity contribution in [1.82, 2.24) is 9.55 Å². The van der Waals surface area contributed by atoms with Gasteiger partial charge in [-0.3, -0.25) is 4.79 Å². The number of imidazole rings is 1. The molecule has 1 atom stereocenters. The van der Waals surface area contributed by atoms with Crippen LogP contribution in [0.3, 0.4) is 0 Å². The van der Waals surface area contributed by atoms with Gasteiger partial charge in [-0.2, -0.15) is 0 Å². The summed E-state index contributed by atoms with van der Waals surface area (Å²) in [5.41, 5.74) is 9.35. The third-order valence-corrected chi connectivity index (χ3v) is 4.69. The molecule has 6 nitrogen and oxygen atoms in total. The first-order valence-electron chi connectivity index (χ1n) is 9.88. The maximum atomic E-state index is 11.7. The van der Waals surface area contributed by atoms with Gasteiger partial charge in [0.25, 0.3) is 0 Å². The van der Waals surface area contributed by atoms with E-state index in [2.05, 4.69) is 12.1 Å². The average Bonchev–Trinajstić information content (AvgIpc) is 3.14. The first-order chi connectivity index (χ1) is 14.1. The summed E-state index contributed by atoms with van der Waals surface area (Å²) >= 11 is 0. The number of phenols is 1. The van der Waals surface area contributed by atoms with Crippen LogP contribution in [0.25, 0.3) is 11.3 Å². The zero-order chi connectivity index (χ0) is 20.6. The lowest BCUT2D eigenvalue weighted by Crippen LogP contribution is -2.19. The number of phenolic OH excluding ortho intramolecular Hbond substituents is 1. The molecule has 0 radical (unpaired) electrons. The van der Waals surface area contributed by atoms with E-state index in [1.54, 1.807) is 19.1 Å². The summed E-state index contributed by atoms with van der Waals surface area (Å²) in [7, 11) is 0. The SMILES string of the molecule is CCOC(=O)CCCn1cc(-c2ccc(O)cc2)nc1C(N)Cc1ccccc1. The summed E-state index contributed by atoms with van der Waals surface area (Å²) in [6.07, 6.45) is 3.63. The van der Waals surface area contributed by atoms with Crippen molar-refractivity contribution in [2.45, 2.75) is 38.8 Å². The molecule has 0 aliphatic rings. The van der Waals surface area contributed by atoms with Crippen molar-refractivity contribution in [3.8, 4) is 17.0 Å². The Morgan fingerprint density at radius 2 is 1.90 bits per heavy atom. The molecule has 0 spiro atoms. The van der Waals surface area contributed by atoms with Crippen LogP contribution in [0.4, 0.5) is 0 Å². The van der Waals surface area contributed by atoms with E-state index in [1.807, 2.05) is 41.1 Å². The molecule has 0 saturated carbocycles. The van der Waals surface area contributed by atoms with E-state index < -0.39 is 0 Å². The van der Waals surface area contributed by atoms with E-state index in [-0.39, 0.29) is 17.8 Å². The van der Waals surface area contributed by atoms with E-state index in [1.165, 1.54) is 0 Å². The van der Waals surface area contributed by atoms with Crippen molar-refractivity contribution >= 4 is 5.97 Å². The van der Waals surface area contributed by atoms with Gasteiger partial charge in [0.1, 0.15) is 11.6 Å². The normalized spacial score (nSPS) is 11.9. The summed E-state index contributed by atoms with van der Waals surface area (Å²) < 4.78 is 7.03. The number of aryl methyl sites for hydroxylation is 1. The third kappa shape index (κ3) is 5.68. The van der Waals surface area contributed by atoms with Crippen LogP contribution in [0, 0.1) is 0 Å². The number of carbonyl (C=O) groups is 1. The molecule has 29 heavy (non-hydrogen) atoms. The lowest BCUT2D eigenvalue weighted by atomic mass is 10.1. The first kappa shape index (κ1) is 20.6. The Hall–Kier alpha value is -3.12. The van der Waals surface area contributed by atoms with Gasteiger partial charge in [-0.05, 0) is 49.6 Å². The highest BCUT2D eigenvalue weighted by molar-refractivity contribution is 5.69. The molecule has 152 valence electrons. The highest BCUT2D eigenvalue weighted by Gasteiger charge is 2.17. The second kappa shape index (κ2) is 9.89. The molecule has 0 amide bonds. The van der Waals surface area contributed by atoms with Gasteiger partial charge in [-0.1, -0.05) is 30.3 Å². The number of hydrogen-bond acceptors (Lipinski definition) is 5. The van der Waals surface area contributed by atoms with Crippen molar-refractivity contribution in [2.75, 3.05) is 6.61 Å². The van der Waals surface area contributed by atoms with Crippen LogP contribution in [0.15, 0.2) is 60.8 Å². The smallest absolute Gasteiger partial charge is 0.305 e. The first-order valence-corrected chi connectivity index (χ1v) is 9.88. The zero-order valence-corrected chi connectivity index (χ0v) is 16.6. The molecule has 1 unspecified atom stereocenters. The number of nitrogens with two attached hydrogens (primary N) is 1. The number of benzene rings is 2. The van der Waals surface area contributed by atoms with Crippen molar-refractivity contribution in [1.29, 1.82) is 0 Å². The highest BCUT2D eigenvalue weighted by Crippen LogP contribution is 2.25. The minimum Gasteiger partial charge on any atom is -0.508 e. The van der Waals surface area contributed by atoms with E-state index >= 15 is 0 Å². The second-order valence-electron chi connectivity index (χ2n) is 6.93. The summed E-state index contributed by atoms with van der Waals surface area (Å²) in [5.74, 6) is 0.797. The minimum atomic E-state index is -0.272. The number of esters is 1. The average molecular weight is 393 g/mol. The fraction of sp³-hybridized carbons (Fsp3) is 0.304. The van der Waals surface area contributed by atoms with Crippen LogP contribution in [-0.2, 0) is 22.5 Å². The van der Waals surface area contributed by atoms with Crippen molar-refractivity contribution < 1.29 is 14.6 Å². The Labute approximate surface area is 171 Å². The number of aromatic nitrogens is 2. The third-order valence-electron chi connectivity index (χ3n) is 4.69. The van der Waals surface area contributed by atoms with Crippen LogP contribution in [0.1, 0.15) is 37.2 Å². The zero-order valence-electron chi connectivity index (χ0n) is 16.6. The quantitative estimate of drug-likeness (QED) is 0.539. The molecule has 2 aromatic carbocycles. The number of rotatable bonds is 9. The lowest BCUT2D eigenvalue weighted by molar-refractivity contribution is -0.143. The molecular formula is C23H27N3O3. The van der Waals surface area contributed by atoms with Gasteiger partial charge in [-0.15, -0.1) is 0 Å². The molecule has 0 fully saturated rings. The predicted octanol–water partition coefficient (Wildman–Crippen LogP) is 3.84. The van der Waals surface area contributed by atoms with Crippen LogP contribution in [-0.4, -0.2) is 27.2 Å². The Morgan fingerprint density at radius 3 is 2.59 bits per heavy atom. The second-order valence-corrected chi connectivity index (χ2v) is 6.93. The highest BCUT2D eigenvalue weighted by atomic mass is 16.5. The van der Waals surface area contributed by atoms with Crippen molar-refractivity contribution in [3.63, 3.8) is 0 Å². The van der Waals surface area contributed by atoms with E-state index in [9.17, 15) is 9.90 Å². The number of aromatic hydroxyl groups is 1. The molecule has 1 heterocycles. The number of carbonyl (C=O) groups excluding carboxylic acids is 1.